The highest BCUT2D eigenvalue weighted by atomic mass is 16.7. The lowest BCUT2D eigenvalue weighted by atomic mass is 10.1. The number of carbonyl (C=O) groups excluding carboxylic acids is 1. The first-order chi connectivity index (χ1) is 9.08. The van der Waals surface area contributed by atoms with Gasteiger partial charge in [0, 0.05) is 18.2 Å². The number of amides is 1. The zero-order chi connectivity index (χ0) is 14.4. The molecule has 0 atom stereocenters. The maximum atomic E-state index is 12.1. The zero-order valence-electron chi connectivity index (χ0n) is 11.9. The topological polar surface area (TPSA) is 48.0 Å². The molecule has 5 heteroatoms. The van der Waals surface area contributed by atoms with Gasteiger partial charge in [-0.25, -0.2) is 5.06 Å². The predicted molar refractivity (Wildman–Crippen MR) is 73.4 cm³/mol. The summed E-state index contributed by atoms with van der Waals surface area (Å²) in [7, 11) is 6.08. The second-order valence-electron chi connectivity index (χ2n) is 3.79. The van der Waals surface area contributed by atoms with Crippen molar-refractivity contribution in [3.63, 3.8) is 0 Å². The lowest BCUT2D eigenvalue weighted by molar-refractivity contribution is -0.0757. The molecule has 0 saturated heterocycles. The molecular formula is C14H19NO4. The summed E-state index contributed by atoms with van der Waals surface area (Å²) in [6, 6.07) is 3.36. The number of hydroxylamine groups is 2. The Morgan fingerprint density at radius 2 is 1.89 bits per heavy atom. The van der Waals surface area contributed by atoms with Crippen molar-refractivity contribution in [3.05, 3.63) is 29.3 Å². The Morgan fingerprint density at radius 3 is 2.37 bits per heavy atom. The van der Waals surface area contributed by atoms with Gasteiger partial charge in [-0.2, -0.15) is 0 Å². The van der Waals surface area contributed by atoms with Crippen molar-refractivity contribution in [2.75, 3.05) is 28.4 Å². The van der Waals surface area contributed by atoms with Gasteiger partial charge in [-0.05, 0) is 19.1 Å². The number of benzene rings is 1. The van der Waals surface area contributed by atoms with Crippen molar-refractivity contribution in [2.24, 2.45) is 0 Å². The first-order valence-electron chi connectivity index (χ1n) is 5.79. The molecule has 0 spiro atoms. The molecule has 5 nitrogen and oxygen atoms in total. The van der Waals surface area contributed by atoms with Gasteiger partial charge >= 0.3 is 0 Å². The van der Waals surface area contributed by atoms with E-state index in [1.807, 2.05) is 19.1 Å². The maximum Gasteiger partial charge on any atom is 0.277 e. The van der Waals surface area contributed by atoms with E-state index in [9.17, 15) is 4.79 Å². The number of ether oxygens (including phenoxy) is 2. The number of allylic oxidation sites excluding steroid dienone is 1. The Balaban J connectivity index is 3.36. The molecule has 104 valence electrons. The van der Waals surface area contributed by atoms with Crippen LogP contribution < -0.4 is 9.47 Å². The molecule has 0 N–H and O–H groups in total. The number of methoxy groups -OCH3 is 2. The van der Waals surface area contributed by atoms with Crippen LogP contribution in [0.5, 0.6) is 11.5 Å². The van der Waals surface area contributed by atoms with Crippen LogP contribution in [0, 0.1) is 0 Å². The van der Waals surface area contributed by atoms with Crippen LogP contribution in [-0.2, 0) is 4.84 Å². The standard InChI is InChI=1S/C14H19NO4/c1-6-7-10-8-11(14(16)15(2)19-5)9-12(17-3)13(10)18-4/h6-9H,1-5H3. The zero-order valence-corrected chi connectivity index (χ0v) is 11.9. The number of hydrogen-bond donors (Lipinski definition) is 0. The van der Waals surface area contributed by atoms with Crippen LogP contribution in [0.15, 0.2) is 18.2 Å². The number of carbonyl (C=O) groups is 1. The predicted octanol–water partition coefficient (Wildman–Crippen LogP) is 2.37. The van der Waals surface area contributed by atoms with Crippen LogP contribution in [-0.4, -0.2) is 39.3 Å². The van der Waals surface area contributed by atoms with Crippen molar-refractivity contribution in [1.82, 2.24) is 5.06 Å². The third kappa shape index (κ3) is 3.26. The first kappa shape index (κ1) is 15.0. The van der Waals surface area contributed by atoms with Crippen LogP contribution >= 0.6 is 0 Å². The van der Waals surface area contributed by atoms with Crippen LogP contribution in [0.3, 0.4) is 0 Å². The summed E-state index contributed by atoms with van der Waals surface area (Å²) in [5.41, 5.74) is 1.24. The number of nitrogens with zero attached hydrogens (tertiary/aromatic N) is 1. The van der Waals surface area contributed by atoms with Crippen molar-refractivity contribution >= 4 is 12.0 Å². The van der Waals surface area contributed by atoms with Crippen molar-refractivity contribution < 1.29 is 19.1 Å². The van der Waals surface area contributed by atoms with E-state index >= 15 is 0 Å². The molecule has 0 radical (unpaired) electrons. The summed E-state index contributed by atoms with van der Waals surface area (Å²) >= 11 is 0. The highest BCUT2D eigenvalue weighted by Crippen LogP contribution is 2.33. The lowest BCUT2D eigenvalue weighted by Gasteiger charge is -2.16. The molecule has 0 aliphatic rings. The summed E-state index contributed by atoms with van der Waals surface area (Å²) in [5, 5.41) is 1.15. The number of hydrogen-bond acceptors (Lipinski definition) is 4. The highest BCUT2D eigenvalue weighted by molar-refractivity contribution is 5.95. The third-order valence-corrected chi connectivity index (χ3v) is 2.66. The molecule has 0 aliphatic carbocycles. The summed E-state index contributed by atoms with van der Waals surface area (Å²) in [5.74, 6) is 0.845. The summed E-state index contributed by atoms with van der Waals surface area (Å²) in [4.78, 5) is 17.0. The molecule has 0 bridgehead atoms. The Bertz CT molecular complexity index is 483. The fourth-order valence-corrected chi connectivity index (χ4v) is 1.69. The number of rotatable bonds is 5. The summed E-state index contributed by atoms with van der Waals surface area (Å²) in [6.45, 7) is 1.89. The minimum absolute atomic E-state index is 0.255. The molecule has 1 aromatic carbocycles. The Labute approximate surface area is 113 Å². The smallest absolute Gasteiger partial charge is 0.277 e. The summed E-state index contributed by atoms with van der Waals surface area (Å²) < 4.78 is 10.6. The first-order valence-corrected chi connectivity index (χ1v) is 5.79. The van der Waals surface area contributed by atoms with Gasteiger partial charge < -0.3 is 9.47 Å². The van der Waals surface area contributed by atoms with Gasteiger partial charge in [0.2, 0.25) is 0 Å². The van der Waals surface area contributed by atoms with Crippen LogP contribution in [0.2, 0.25) is 0 Å². The molecule has 1 amide bonds. The van der Waals surface area contributed by atoms with Gasteiger partial charge in [0.1, 0.15) is 0 Å². The van der Waals surface area contributed by atoms with E-state index in [1.54, 1.807) is 26.3 Å². The average molecular weight is 265 g/mol. The maximum absolute atomic E-state index is 12.1. The van der Waals surface area contributed by atoms with Crippen molar-refractivity contribution in [1.29, 1.82) is 0 Å². The van der Waals surface area contributed by atoms with Gasteiger partial charge in [-0.3, -0.25) is 9.63 Å². The lowest BCUT2D eigenvalue weighted by Crippen LogP contribution is -2.25. The molecule has 1 rings (SSSR count). The molecule has 1 aromatic rings. The second-order valence-corrected chi connectivity index (χ2v) is 3.79. The van der Waals surface area contributed by atoms with Gasteiger partial charge in [-0.15, -0.1) is 0 Å². The van der Waals surface area contributed by atoms with Gasteiger partial charge in [0.25, 0.3) is 5.91 Å². The molecule has 0 saturated carbocycles. The van der Waals surface area contributed by atoms with E-state index in [4.69, 9.17) is 14.3 Å². The van der Waals surface area contributed by atoms with E-state index in [2.05, 4.69) is 0 Å². The quantitative estimate of drug-likeness (QED) is 0.767. The third-order valence-electron chi connectivity index (χ3n) is 2.66. The molecule has 0 aliphatic heterocycles. The summed E-state index contributed by atoms with van der Waals surface area (Å²) in [6.07, 6.45) is 3.72. The molecule has 0 unspecified atom stereocenters. The van der Waals surface area contributed by atoms with Crippen LogP contribution in [0.4, 0.5) is 0 Å². The molecule has 19 heavy (non-hydrogen) atoms. The molecule has 0 heterocycles. The van der Waals surface area contributed by atoms with Crippen LogP contribution in [0.1, 0.15) is 22.8 Å². The van der Waals surface area contributed by atoms with Gasteiger partial charge in [0.15, 0.2) is 11.5 Å². The SMILES string of the molecule is CC=Cc1cc(C(=O)N(C)OC)cc(OC)c1OC. The minimum Gasteiger partial charge on any atom is -0.493 e. The fourth-order valence-electron chi connectivity index (χ4n) is 1.69. The van der Waals surface area contributed by atoms with E-state index in [0.717, 1.165) is 10.6 Å². The Morgan fingerprint density at radius 1 is 1.21 bits per heavy atom. The molecule has 0 fully saturated rings. The molecular weight excluding hydrogens is 246 g/mol. The van der Waals surface area contributed by atoms with E-state index in [0.29, 0.717) is 17.1 Å². The Hall–Kier alpha value is -2.01. The van der Waals surface area contributed by atoms with Gasteiger partial charge in [-0.1, -0.05) is 12.2 Å². The molecule has 0 aromatic heterocycles. The largest absolute Gasteiger partial charge is 0.493 e. The highest BCUT2D eigenvalue weighted by Gasteiger charge is 2.17. The minimum atomic E-state index is -0.255. The van der Waals surface area contributed by atoms with E-state index in [1.165, 1.54) is 14.2 Å². The van der Waals surface area contributed by atoms with Crippen LogP contribution in [0.25, 0.3) is 6.08 Å². The fraction of sp³-hybridized carbons (Fsp3) is 0.357. The second kappa shape index (κ2) is 6.80. The Kier molecular flexibility index (Phi) is 5.38. The van der Waals surface area contributed by atoms with E-state index in [-0.39, 0.29) is 5.91 Å². The van der Waals surface area contributed by atoms with E-state index < -0.39 is 0 Å². The van der Waals surface area contributed by atoms with Gasteiger partial charge in [0.05, 0.1) is 21.3 Å². The monoisotopic (exact) mass is 265 g/mol. The van der Waals surface area contributed by atoms with Crippen molar-refractivity contribution in [2.45, 2.75) is 6.92 Å². The van der Waals surface area contributed by atoms with Crippen molar-refractivity contribution in [3.8, 4) is 11.5 Å². The average Bonchev–Trinajstić information content (AvgIpc) is 2.44. The normalized spacial score (nSPS) is 10.6.